The Morgan fingerprint density at radius 1 is 1.53 bits per heavy atom. The molecule has 3 heteroatoms. The lowest BCUT2D eigenvalue weighted by Crippen LogP contribution is -2.24. The van der Waals surface area contributed by atoms with E-state index in [-0.39, 0.29) is 11.9 Å². The van der Waals surface area contributed by atoms with Crippen LogP contribution in [0.25, 0.3) is 0 Å². The van der Waals surface area contributed by atoms with E-state index in [0.717, 1.165) is 31.5 Å². The van der Waals surface area contributed by atoms with Crippen molar-refractivity contribution in [2.24, 2.45) is 0 Å². The summed E-state index contributed by atoms with van der Waals surface area (Å²) < 4.78 is 0. The first-order valence-corrected chi connectivity index (χ1v) is 6.15. The largest absolute Gasteiger partial charge is 0.393 e. The van der Waals surface area contributed by atoms with Gasteiger partial charge in [0.05, 0.1) is 6.10 Å². The number of aliphatic hydroxyl groups excluding tert-OH is 1. The third kappa shape index (κ3) is 2.67. The summed E-state index contributed by atoms with van der Waals surface area (Å²) in [6.07, 6.45) is 1.53. The van der Waals surface area contributed by atoms with Gasteiger partial charge in [-0.15, -0.1) is 0 Å². The molecule has 1 N–H and O–H groups in total. The molecule has 0 aromatic heterocycles. The normalized spacial score (nSPS) is 15.8. The summed E-state index contributed by atoms with van der Waals surface area (Å²) in [6.45, 7) is 5.28. The van der Waals surface area contributed by atoms with Crippen LogP contribution in [0.1, 0.15) is 36.2 Å². The minimum absolute atomic E-state index is 0.121. The van der Waals surface area contributed by atoms with E-state index in [1.807, 2.05) is 25.1 Å². The van der Waals surface area contributed by atoms with Crippen molar-refractivity contribution in [3.05, 3.63) is 29.3 Å². The number of ketones is 1. The second-order valence-corrected chi connectivity index (χ2v) is 4.77. The van der Waals surface area contributed by atoms with Crippen LogP contribution in [0.2, 0.25) is 0 Å². The third-order valence-electron chi connectivity index (χ3n) is 3.29. The van der Waals surface area contributed by atoms with Crippen LogP contribution in [-0.4, -0.2) is 30.1 Å². The number of carbonyl (C=O) groups is 1. The van der Waals surface area contributed by atoms with Gasteiger partial charge in [0.2, 0.25) is 0 Å². The predicted octanol–water partition coefficient (Wildman–Crippen LogP) is 2.02. The first kappa shape index (κ1) is 12.1. The van der Waals surface area contributed by atoms with Gasteiger partial charge >= 0.3 is 0 Å². The van der Waals surface area contributed by atoms with Gasteiger partial charge in [-0.25, -0.2) is 0 Å². The molecule has 0 spiro atoms. The Kier molecular flexibility index (Phi) is 3.48. The van der Waals surface area contributed by atoms with Crippen molar-refractivity contribution in [3.8, 4) is 0 Å². The molecule has 1 unspecified atom stereocenters. The van der Waals surface area contributed by atoms with Crippen molar-refractivity contribution in [2.75, 3.05) is 18.0 Å². The molecule has 1 aromatic rings. The monoisotopic (exact) mass is 233 g/mol. The van der Waals surface area contributed by atoms with E-state index in [1.165, 1.54) is 11.3 Å². The molecule has 0 aliphatic carbocycles. The fourth-order valence-electron chi connectivity index (χ4n) is 2.26. The average molecular weight is 233 g/mol. The molecule has 0 saturated carbocycles. The minimum atomic E-state index is -0.254. The van der Waals surface area contributed by atoms with Crippen LogP contribution in [-0.2, 0) is 6.42 Å². The number of Topliss-reactive ketones (excluding diaryl/α,β-unsaturated/α-hetero) is 1. The van der Waals surface area contributed by atoms with Gasteiger partial charge in [0.15, 0.2) is 5.78 Å². The standard InChI is InChI=1S/C14H19NO2/c1-10(16)5-7-15-8-6-13-9-12(11(2)17)3-4-14(13)15/h3-4,9-10,16H,5-8H2,1-2H3. The number of fused-ring (bicyclic) bond motifs is 1. The second kappa shape index (κ2) is 4.88. The summed E-state index contributed by atoms with van der Waals surface area (Å²) in [5.41, 5.74) is 3.26. The Morgan fingerprint density at radius 3 is 2.94 bits per heavy atom. The lowest BCUT2D eigenvalue weighted by molar-refractivity contribution is 0.101. The third-order valence-corrected chi connectivity index (χ3v) is 3.29. The molecule has 3 nitrogen and oxygen atoms in total. The van der Waals surface area contributed by atoms with Gasteiger partial charge in [-0.3, -0.25) is 4.79 Å². The molecule has 1 atom stereocenters. The van der Waals surface area contributed by atoms with Gasteiger partial charge in [-0.05, 0) is 50.5 Å². The van der Waals surface area contributed by atoms with E-state index in [4.69, 9.17) is 0 Å². The summed E-state index contributed by atoms with van der Waals surface area (Å²) in [6, 6.07) is 5.92. The number of nitrogens with zero attached hydrogens (tertiary/aromatic N) is 1. The molecule has 0 bridgehead atoms. The Bertz CT molecular complexity index is 426. The van der Waals surface area contributed by atoms with Crippen LogP contribution < -0.4 is 4.90 Å². The molecule has 1 aromatic carbocycles. The van der Waals surface area contributed by atoms with Gasteiger partial charge in [-0.2, -0.15) is 0 Å². The molecular formula is C14H19NO2. The van der Waals surface area contributed by atoms with Crippen molar-refractivity contribution >= 4 is 11.5 Å². The lowest BCUT2D eigenvalue weighted by atomic mass is 10.1. The molecule has 1 aliphatic heterocycles. The summed E-state index contributed by atoms with van der Waals surface area (Å²) in [7, 11) is 0. The van der Waals surface area contributed by atoms with Crippen LogP contribution in [0.4, 0.5) is 5.69 Å². The average Bonchev–Trinajstić information content (AvgIpc) is 2.68. The Balaban J connectivity index is 2.13. The number of anilines is 1. The smallest absolute Gasteiger partial charge is 0.159 e. The quantitative estimate of drug-likeness (QED) is 0.809. The van der Waals surface area contributed by atoms with E-state index in [0.29, 0.717) is 0 Å². The predicted molar refractivity (Wildman–Crippen MR) is 68.7 cm³/mol. The van der Waals surface area contributed by atoms with Gasteiger partial charge in [0, 0.05) is 24.3 Å². The second-order valence-electron chi connectivity index (χ2n) is 4.77. The Morgan fingerprint density at radius 2 is 2.29 bits per heavy atom. The van der Waals surface area contributed by atoms with E-state index >= 15 is 0 Å². The van der Waals surface area contributed by atoms with Crippen molar-refractivity contribution < 1.29 is 9.90 Å². The zero-order valence-corrected chi connectivity index (χ0v) is 10.4. The molecule has 0 radical (unpaired) electrons. The number of hydrogen-bond donors (Lipinski definition) is 1. The fourth-order valence-corrected chi connectivity index (χ4v) is 2.26. The van der Waals surface area contributed by atoms with Crippen molar-refractivity contribution in [3.63, 3.8) is 0 Å². The van der Waals surface area contributed by atoms with Crippen molar-refractivity contribution in [1.29, 1.82) is 0 Å². The van der Waals surface area contributed by atoms with Crippen LogP contribution in [0.5, 0.6) is 0 Å². The topological polar surface area (TPSA) is 40.5 Å². The Labute approximate surface area is 102 Å². The number of benzene rings is 1. The van der Waals surface area contributed by atoms with Gasteiger partial charge in [0.25, 0.3) is 0 Å². The number of rotatable bonds is 4. The number of aliphatic hydroxyl groups is 1. The molecule has 92 valence electrons. The van der Waals surface area contributed by atoms with Crippen LogP contribution in [0.3, 0.4) is 0 Å². The molecule has 2 rings (SSSR count). The maximum absolute atomic E-state index is 11.3. The highest BCUT2D eigenvalue weighted by atomic mass is 16.3. The number of hydrogen-bond acceptors (Lipinski definition) is 3. The van der Waals surface area contributed by atoms with Crippen LogP contribution >= 0.6 is 0 Å². The minimum Gasteiger partial charge on any atom is -0.393 e. The highest BCUT2D eigenvalue weighted by Crippen LogP contribution is 2.29. The first-order chi connectivity index (χ1) is 8.08. The molecule has 1 heterocycles. The summed E-state index contributed by atoms with van der Waals surface area (Å²) in [5, 5.41) is 9.31. The molecule has 0 fully saturated rings. The maximum Gasteiger partial charge on any atom is 0.159 e. The zero-order chi connectivity index (χ0) is 12.4. The first-order valence-electron chi connectivity index (χ1n) is 6.15. The Hall–Kier alpha value is -1.35. The highest BCUT2D eigenvalue weighted by molar-refractivity contribution is 5.94. The fraction of sp³-hybridized carbons (Fsp3) is 0.500. The van der Waals surface area contributed by atoms with Gasteiger partial charge < -0.3 is 10.0 Å². The summed E-state index contributed by atoms with van der Waals surface area (Å²) in [4.78, 5) is 13.6. The highest BCUT2D eigenvalue weighted by Gasteiger charge is 2.19. The van der Waals surface area contributed by atoms with E-state index in [2.05, 4.69) is 4.90 Å². The van der Waals surface area contributed by atoms with E-state index in [9.17, 15) is 9.90 Å². The molecule has 0 amide bonds. The summed E-state index contributed by atoms with van der Waals surface area (Å²) >= 11 is 0. The SMILES string of the molecule is CC(=O)c1ccc2c(c1)CCN2CCC(C)O. The maximum atomic E-state index is 11.3. The van der Waals surface area contributed by atoms with Crippen LogP contribution in [0, 0.1) is 0 Å². The lowest BCUT2D eigenvalue weighted by Gasteiger charge is -2.20. The molecule has 17 heavy (non-hydrogen) atoms. The van der Waals surface area contributed by atoms with Crippen molar-refractivity contribution in [2.45, 2.75) is 32.8 Å². The number of carbonyl (C=O) groups excluding carboxylic acids is 1. The van der Waals surface area contributed by atoms with E-state index < -0.39 is 0 Å². The molecule has 1 aliphatic rings. The van der Waals surface area contributed by atoms with E-state index in [1.54, 1.807) is 6.92 Å². The van der Waals surface area contributed by atoms with Crippen molar-refractivity contribution in [1.82, 2.24) is 0 Å². The zero-order valence-electron chi connectivity index (χ0n) is 10.4. The molecular weight excluding hydrogens is 214 g/mol. The molecule has 0 saturated heterocycles. The van der Waals surface area contributed by atoms with Crippen LogP contribution in [0.15, 0.2) is 18.2 Å². The summed E-state index contributed by atoms with van der Waals surface area (Å²) in [5.74, 6) is 0.121. The van der Waals surface area contributed by atoms with Gasteiger partial charge in [0.1, 0.15) is 0 Å². The van der Waals surface area contributed by atoms with Gasteiger partial charge in [-0.1, -0.05) is 0 Å².